The highest BCUT2D eigenvalue weighted by atomic mass is 32.5. The molecule has 4 atom stereocenters. The summed E-state index contributed by atoms with van der Waals surface area (Å²) in [5.41, 5.74) is 6.35. The fraction of sp³-hybridized carbons (Fsp3) is 0.500. The van der Waals surface area contributed by atoms with Crippen molar-refractivity contribution in [3.63, 3.8) is 0 Å². The molecule has 11 nitrogen and oxygen atoms in total. The minimum atomic E-state index is -3.89. The lowest BCUT2D eigenvalue weighted by Gasteiger charge is -2.16. The zero-order valence-electron chi connectivity index (χ0n) is 11.5. The van der Waals surface area contributed by atoms with Gasteiger partial charge in [-0.15, -0.1) is 0 Å². The number of hydrogen-bond donors (Lipinski definition) is 5. The summed E-state index contributed by atoms with van der Waals surface area (Å²) in [4.78, 5) is 30.0. The summed E-state index contributed by atoms with van der Waals surface area (Å²) in [6.45, 7) is -4.27. The van der Waals surface area contributed by atoms with E-state index in [0.29, 0.717) is 11.2 Å². The molecule has 0 bridgehead atoms. The number of anilines is 1. The molecule has 13 heteroatoms. The Morgan fingerprint density at radius 1 is 1.30 bits per heavy atom. The van der Waals surface area contributed by atoms with Gasteiger partial charge in [0.1, 0.15) is 30.2 Å². The topological polar surface area (TPSA) is 169 Å². The molecule has 126 valence electrons. The van der Waals surface area contributed by atoms with E-state index >= 15 is 0 Å². The number of aliphatic hydroxyl groups excluding tert-OH is 2. The number of ether oxygens (including phenoxy) is 1. The molecule has 1 aliphatic heterocycles. The van der Waals surface area contributed by atoms with E-state index in [9.17, 15) is 10.2 Å². The van der Waals surface area contributed by atoms with Crippen LogP contribution in [-0.2, 0) is 21.1 Å². The SMILES string of the molecule is Nc1ncnc2c1ncn2[C@@H]1O[C@H](COP(O)(O)=S)C(O)C1O. The van der Waals surface area contributed by atoms with E-state index in [2.05, 4.69) is 31.3 Å². The van der Waals surface area contributed by atoms with Gasteiger partial charge in [0, 0.05) is 0 Å². The quantitative estimate of drug-likeness (QED) is 0.391. The number of rotatable bonds is 4. The summed E-state index contributed by atoms with van der Waals surface area (Å²) in [6.07, 6.45) is -2.06. The number of imidazole rings is 1. The molecular formula is C10H14N5O6PS. The van der Waals surface area contributed by atoms with Crippen molar-refractivity contribution in [1.82, 2.24) is 19.5 Å². The Morgan fingerprint density at radius 2 is 2.04 bits per heavy atom. The summed E-state index contributed by atoms with van der Waals surface area (Å²) in [7, 11) is 0. The van der Waals surface area contributed by atoms with Crippen LogP contribution in [0.2, 0.25) is 0 Å². The largest absolute Gasteiger partial charge is 0.387 e. The maximum absolute atomic E-state index is 10.2. The highest BCUT2D eigenvalue weighted by Crippen LogP contribution is 2.39. The molecule has 0 aromatic carbocycles. The third-order valence-electron chi connectivity index (χ3n) is 3.41. The highest BCUT2D eigenvalue weighted by molar-refractivity contribution is 8.06. The normalized spacial score (nSPS) is 28.5. The molecule has 0 aliphatic carbocycles. The zero-order chi connectivity index (χ0) is 16.8. The standard InChI is InChI=1S/C10H14N5O6PS/c11-8-5-9(13-2-12-8)15(3-14-5)10-7(17)6(16)4(21-10)1-20-22(18,19)23/h2-4,6-7,10,16-17H,1H2,(H2,11,12,13)(H2,18,19,23)/t4-,6?,7?,10-/m1/s1. The second-order valence-corrected chi connectivity index (χ2v) is 7.58. The third kappa shape index (κ3) is 3.20. The van der Waals surface area contributed by atoms with Crippen molar-refractivity contribution >= 4 is 35.5 Å². The number of nitrogen functional groups attached to an aromatic ring is 1. The number of nitrogens with two attached hydrogens (primary N) is 1. The van der Waals surface area contributed by atoms with Gasteiger partial charge in [-0.05, 0) is 11.8 Å². The van der Waals surface area contributed by atoms with Crippen molar-refractivity contribution in [3.05, 3.63) is 12.7 Å². The first kappa shape index (κ1) is 16.6. The average Bonchev–Trinajstić information content (AvgIpc) is 3.01. The van der Waals surface area contributed by atoms with Crippen LogP contribution < -0.4 is 5.73 Å². The number of hydrogen-bond acceptors (Lipinski definition) is 9. The van der Waals surface area contributed by atoms with Crippen LogP contribution >= 0.6 is 6.72 Å². The maximum atomic E-state index is 10.2. The molecule has 0 amide bonds. The fourth-order valence-corrected chi connectivity index (χ4v) is 2.85. The number of nitrogens with zero attached hydrogens (tertiary/aromatic N) is 4. The lowest BCUT2D eigenvalue weighted by atomic mass is 10.1. The second-order valence-electron chi connectivity index (χ2n) is 4.92. The Hall–Kier alpha value is -1.24. The van der Waals surface area contributed by atoms with Crippen LogP contribution in [0, 0.1) is 0 Å². The van der Waals surface area contributed by atoms with E-state index in [0.717, 1.165) is 0 Å². The molecule has 1 saturated heterocycles. The van der Waals surface area contributed by atoms with Crippen molar-refractivity contribution in [2.75, 3.05) is 12.3 Å². The third-order valence-corrected chi connectivity index (χ3v) is 4.21. The van der Waals surface area contributed by atoms with Gasteiger partial charge in [0.25, 0.3) is 0 Å². The molecule has 3 rings (SSSR count). The predicted molar refractivity (Wildman–Crippen MR) is 80.3 cm³/mol. The summed E-state index contributed by atoms with van der Waals surface area (Å²) >= 11 is 4.33. The van der Waals surface area contributed by atoms with Gasteiger partial charge in [-0.3, -0.25) is 4.57 Å². The molecule has 1 aliphatic rings. The van der Waals surface area contributed by atoms with E-state index in [1.54, 1.807) is 0 Å². The number of fused-ring (bicyclic) bond motifs is 1. The fourth-order valence-electron chi connectivity index (χ4n) is 2.32. The lowest BCUT2D eigenvalue weighted by molar-refractivity contribution is -0.0487. The molecule has 2 aromatic heterocycles. The molecule has 0 saturated carbocycles. The Balaban J connectivity index is 1.85. The Bertz CT molecular complexity index is 767. The van der Waals surface area contributed by atoms with Crippen LogP contribution in [0.4, 0.5) is 5.82 Å². The van der Waals surface area contributed by atoms with Gasteiger partial charge in [-0.1, -0.05) is 0 Å². The van der Waals surface area contributed by atoms with Crippen LogP contribution in [0.15, 0.2) is 12.7 Å². The van der Waals surface area contributed by atoms with Crippen molar-refractivity contribution in [2.24, 2.45) is 0 Å². The molecule has 6 N–H and O–H groups in total. The highest BCUT2D eigenvalue weighted by Gasteiger charge is 2.44. The molecule has 23 heavy (non-hydrogen) atoms. The summed E-state index contributed by atoms with van der Waals surface area (Å²) in [5.74, 6) is 0.169. The monoisotopic (exact) mass is 363 g/mol. The predicted octanol–water partition coefficient (Wildman–Crippen LogP) is -1.75. The number of aliphatic hydroxyl groups is 2. The van der Waals surface area contributed by atoms with Gasteiger partial charge in [-0.2, -0.15) is 0 Å². The van der Waals surface area contributed by atoms with Gasteiger partial charge >= 0.3 is 6.72 Å². The molecular weight excluding hydrogens is 349 g/mol. The smallest absolute Gasteiger partial charge is 0.321 e. The van der Waals surface area contributed by atoms with Crippen LogP contribution in [0.3, 0.4) is 0 Å². The van der Waals surface area contributed by atoms with Crippen LogP contribution in [-0.4, -0.2) is 64.4 Å². The zero-order valence-corrected chi connectivity index (χ0v) is 13.2. The molecule has 0 spiro atoms. The first-order chi connectivity index (χ1) is 10.8. The summed E-state index contributed by atoms with van der Waals surface area (Å²) in [5, 5.41) is 20.2. The molecule has 2 unspecified atom stereocenters. The van der Waals surface area contributed by atoms with E-state index < -0.39 is 31.3 Å². The van der Waals surface area contributed by atoms with Gasteiger partial charge in [0.05, 0.1) is 12.9 Å². The minimum absolute atomic E-state index is 0.169. The lowest BCUT2D eigenvalue weighted by Crippen LogP contribution is -2.33. The van der Waals surface area contributed by atoms with Crippen LogP contribution in [0.5, 0.6) is 0 Å². The molecule has 3 heterocycles. The summed E-state index contributed by atoms with van der Waals surface area (Å²) in [6, 6.07) is 0. The van der Waals surface area contributed by atoms with Crippen LogP contribution in [0.25, 0.3) is 11.2 Å². The summed E-state index contributed by atoms with van der Waals surface area (Å²) < 4.78 is 11.6. The van der Waals surface area contributed by atoms with Gasteiger partial charge in [0.15, 0.2) is 17.7 Å². The molecule has 0 radical (unpaired) electrons. The number of aromatic nitrogens is 4. The van der Waals surface area contributed by atoms with Crippen molar-refractivity contribution in [3.8, 4) is 0 Å². The Labute approximate surface area is 134 Å². The average molecular weight is 363 g/mol. The molecule has 1 fully saturated rings. The Morgan fingerprint density at radius 3 is 2.74 bits per heavy atom. The van der Waals surface area contributed by atoms with E-state index in [1.165, 1.54) is 17.2 Å². The van der Waals surface area contributed by atoms with E-state index in [1.807, 2.05) is 0 Å². The van der Waals surface area contributed by atoms with Gasteiger partial charge in [0.2, 0.25) is 0 Å². The maximum Gasteiger partial charge on any atom is 0.321 e. The van der Waals surface area contributed by atoms with E-state index in [-0.39, 0.29) is 12.4 Å². The van der Waals surface area contributed by atoms with Crippen molar-refractivity contribution < 1.29 is 29.3 Å². The van der Waals surface area contributed by atoms with Crippen molar-refractivity contribution in [2.45, 2.75) is 24.5 Å². The first-order valence-corrected chi connectivity index (χ1v) is 9.05. The van der Waals surface area contributed by atoms with Gasteiger partial charge < -0.3 is 35.0 Å². The first-order valence-electron chi connectivity index (χ1n) is 6.42. The molecule has 2 aromatic rings. The second kappa shape index (κ2) is 6.00. The minimum Gasteiger partial charge on any atom is -0.387 e. The van der Waals surface area contributed by atoms with Crippen molar-refractivity contribution in [1.29, 1.82) is 0 Å². The van der Waals surface area contributed by atoms with Gasteiger partial charge in [-0.25, -0.2) is 15.0 Å². The Kier molecular flexibility index (Phi) is 4.33. The van der Waals surface area contributed by atoms with E-state index in [4.69, 9.17) is 20.3 Å². The van der Waals surface area contributed by atoms with Crippen LogP contribution in [0.1, 0.15) is 6.23 Å².